The van der Waals surface area contributed by atoms with E-state index < -0.39 is 5.82 Å². The van der Waals surface area contributed by atoms with Gasteiger partial charge in [0, 0.05) is 31.1 Å². The van der Waals surface area contributed by atoms with Crippen LogP contribution in [-0.4, -0.2) is 37.4 Å². The summed E-state index contributed by atoms with van der Waals surface area (Å²) < 4.78 is 24.3. The van der Waals surface area contributed by atoms with Crippen LogP contribution in [0.5, 0.6) is 11.5 Å². The van der Waals surface area contributed by atoms with E-state index in [-0.39, 0.29) is 30.6 Å². The maximum absolute atomic E-state index is 13.7. The third-order valence-electron chi connectivity index (χ3n) is 4.45. The van der Waals surface area contributed by atoms with Crippen molar-refractivity contribution in [2.75, 3.05) is 20.8 Å². The third-order valence-corrected chi connectivity index (χ3v) is 4.45. The fourth-order valence-corrected chi connectivity index (χ4v) is 3.01. The molecule has 0 saturated carbocycles. The molecule has 26 heavy (non-hydrogen) atoms. The normalized spacial score (nSPS) is 12.7. The van der Waals surface area contributed by atoms with E-state index in [0.717, 1.165) is 5.56 Å². The number of hydrogen-bond acceptors (Lipinski definition) is 4. The smallest absolute Gasteiger partial charge is 0.260 e. The van der Waals surface area contributed by atoms with Crippen LogP contribution in [0.3, 0.4) is 0 Å². The summed E-state index contributed by atoms with van der Waals surface area (Å²) in [4.78, 5) is 25.5. The number of ketones is 1. The van der Waals surface area contributed by atoms with Gasteiger partial charge in [0.15, 0.2) is 24.0 Å². The summed E-state index contributed by atoms with van der Waals surface area (Å²) in [6.45, 7) is 0.119. The van der Waals surface area contributed by atoms with Crippen LogP contribution in [0, 0.1) is 5.82 Å². The number of Topliss-reactive ketones (excluding diaryl/α,β-unsaturated/α-hetero) is 1. The number of carbonyl (C=O) groups excluding carboxylic acids is 2. The molecule has 0 unspecified atom stereocenters. The number of benzene rings is 2. The van der Waals surface area contributed by atoms with Gasteiger partial charge in [0.2, 0.25) is 0 Å². The largest absolute Gasteiger partial charge is 0.494 e. The molecule has 0 aliphatic heterocycles. The Morgan fingerprint density at radius 3 is 2.73 bits per heavy atom. The van der Waals surface area contributed by atoms with Crippen LogP contribution in [0.15, 0.2) is 36.4 Å². The van der Waals surface area contributed by atoms with Gasteiger partial charge in [-0.05, 0) is 30.2 Å². The van der Waals surface area contributed by atoms with Gasteiger partial charge in [-0.2, -0.15) is 0 Å². The van der Waals surface area contributed by atoms with Crippen molar-refractivity contribution >= 4 is 11.7 Å². The minimum Gasteiger partial charge on any atom is -0.494 e. The van der Waals surface area contributed by atoms with Crippen molar-refractivity contribution in [2.24, 2.45) is 0 Å². The van der Waals surface area contributed by atoms with Crippen molar-refractivity contribution in [1.82, 2.24) is 4.90 Å². The number of nitrogens with zero attached hydrogens (tertiary/aromatic N) is 1. The predicted molar refractivity (Wildman–Crippen MR) is 94.0 cm³/mol. The molecule has 2 aromatic rings. The number of ether oxygens (including phenoxy) is 2. The zero-order chi connectivity index (χ0) is 18.7. The van der Waals surface area contributed by atoms with Gasteiger partial charge in [-0.3, -0.25) is 9.59 Å². The van der Waals surface area contributed by atoms with Crippen molar-refractivity contribution in [3.63, 3.8) is 0 Å². The molecule has 3 rings (SSSR count). The molecule has 5 nitrogen and oxygen atoms in total. The van der Waals surface area contributed by atoms with E-state index in [0.29, 0.717) is 29.7 Å². The van der Waals surface area contributed by atoms with E-state index in [1.54, 1.807) is 31.3 Å². The van der Waals surface area contributed by atoms with E-state index in [9.17, 15) is 14.0 Å². The van der Waals surface area contributed by atoms with Gasteiger partial charge in [-0.1, -0.05) is 18.2 Å². The molecule has 0 bridgehead atoms. The molecule has 0 fully saturated rings. The molecular weight excluding hydrogens is 337 g/mol. The Bertz CT molecular complexity index is 850. The molecule has 1 aliphatic rings. The van der Waals surface area contributed by atoms with E-state index in [1.165, 1.54) is 24.1 Å². The van der Waals surface area contributed by atoms with Gasteiger partial charge in [0.1, 0.15) is 5.75 Å². The summed E-state index contributed by atoms with van der Waals surface area (Å²) in [5, 5.41) is 0. The van der Waals surface area contributed by atoms with E-state index >= 15 is 0 Å². The number of hydrogen-bond donors (Lipinski definition) is 0. The Morgan fingerprint density at radius 1 is 1.19 bits per heavy atom. The van der Waals surface area contributed by atoms with Gasteiger partial charge in [0.05, 0.1) is 7.11 Å². The Kier molecular flexibility index (Phi) is 5.21. The van der Waals surface area contributed by atoms with Gasteiger partial charge < -0.3 is 14.4 Å². The first-order valence-corrected chi connectivity index (χ1v) is 8.34. The fraction of sp³-hybridized carbons (Fsp3) is 0.300. The molecule has 0 spiro atoms. The predicted octanol–water partition coefficient (Wildman–Crippen LogP) is 3.00. The van der Waals surface area contributed by atoms with Crippen molar-refractivity contribution in [3.05, 3.63) is 58.9 Å². The van der Waals surface area contributed by atoms with Crippen molar-refractivity contribution in [3.8, 4) is 11.5 Å². The lowest BCUT2D eigenvalue weighted by Gasteiger charge is -2.18. The first-order chi connectivity index (χ1) is 12.5. The standard InChI is InChI=1S/C20H20FNO4/c1-22(11-13-6-9-19(25-2)16(21)10-13)20(24)12-26-18-5-3-4-14-15(18)7-8-17(14)23/h3-6,9-10H,7-8,11-12H2,1-2H3. The number of carbonyl (C=O) groups is 2. The number of fused-ring (bicyclic) bond motifs is 1. The van der Waals surface area contributed by atoms with Crippen LogP contribution in [0.25, 0.3) is 0 Å². The topological polar surface area (TPSA) is 55.8 Å². The molecule has 0 aromatic heterocycles. The lowest BCUT2D eigenvalue weighted by atomic mass is 10.1. The van der Waals surface area contributed by atoms with Crippen LogP contribution in [0.4, 0.5) is 4.39 Å². The molecular formula is C20H20FNO4. The lowest BCUT2D eigenvalue weighted by Crippen LogP contribution is -2.31. The molecule has 6 heteroatoms. The number of rotatable bonds is 6. The molecule has 0 heterocycles. The number of likely N-dealkylation sites (N-methyl/N-ethyl adjacent to an activating group) is 1. The summed E-state index contributed by atoms with van der Waals surface area (Å²) in [7, 11) is 3.03. The van der Waals surface area contributed by atoms with Crippen LogP contribution in [-0.2, 0) is 17.8 Å². The Morgan fingerprint density at radius 2 is 2.00 bits per heavy atom. The maximum Gasteiger partial charge on any atom is 0.260 e. The fourth-order valence-electron chi connectivity index (χ4n) is 3.01. The second-order valence-corrected chi connectivity index (χ2v) is 6.21. The Balaban J connectivity index is 1.60. The first-order valence-electron chi connectivity index (χ1n) is 8.34. The second-order valence-electron chi connectivity index (χ2n) is 6.21. The molecule has 136 valence electrons. The minimum atomic E-state index is -0.466. The summed E-state index contributed by atoms with van der Waals surface area (Å²) in [6, 6.07) is 9.89. The molecule has 2 aromatic carbocycles. The maximum atomic E-state index is 13.7. The highest BCUT2D eigenvalue weighted by atomic mass is 19.1. The first kappa shape index (κ1) is 17.9. The van der Waals surface area contributed by atoms with Crippen LogP contribution >= 0.6 is 0 Å². The average Bonchev–Trinajstić information content (AvgIpc) is 3.01. The van der Waals surface area contributed by atoms with Gasteiger partial charge in [-0.15, -0.1) is 0 Å². The SMILES string of the molecule is COc1ccc(CN(C)C(=O)COc2cccc3c2CCC3=O)cc1F. The summed E-state index contributed by atoms with van der Waals surface area (Å²) >= 11 is 0. The van der Waals surface area contributed by atoms with Crippen molar-refractivity contribution in [1.29, 1.82) is 0 Å². The summed E-state index contributed by atoms with van der Waals surface area (Å²) in [5.41, 5.74) is 2.20. The number of amides is 1. The zero-order valence-corrected chi connectivity index (χ0v) is 14.8. The summed E-state index contributed by atoms with van der Waals surface area (Å²) in [6.07, 6.45) is 1.12. The van der Waals surface area contributed by atoms with Crippen LogP contribution in [0.1, 0.15) is 27.9 Å². The highest BCUT2D eigenvalue weighted by Crippen LogP contribution is 2.30. The molecule has 0 saturated heterocycles. The lowest BCUT2D eigenvalue weighted by molar-refractivity contribution is -0.132. The van der Waals surface area contributed by atoms with Crippen molar-refractivity contribution < 1.29 is 23.5 Å². The van der Waals surface area contributed by atoms with Crippen LogP contribution < -0.4 is 9.47 Å². The Labute approximate surface area is 151 Å². The highest BCUT2D eigenvalue weighted by Gasteiger charge is 2.23. The zero-order valence-electron chi connectivity index (χ0n) is 14.8. The van der Waals surface area contributed by atoms with E-state index in [2.05, 4.69) is 0 Å². The van der Waals surface area contributed by atoms with Crippen LogP contribution in [0.2, 0.25) is 0 Å². The number of methoxy groups -OCH3 is 1. The molecule has 1 aliphatic carbocycles. The average molecular weight is 357 g/mol. The second kappa shape index (κ2) is 7.56. The highest BCUT2D eigenvalue weighted by molar-refractivity contribution is 6.01. The minimum absolute atomic E-state index is 0.107. The monoisotopic (exact) mass is 357 g/mol. The van der Waals surface area contributed by atoms with Crippen molar-refractivity contribution in [2.45, 2.75) is 19.4 Å². The number of halogens is 1. The van der Waals surface area contributed by atoms with Gasteiger partial charge in [-0.25, -0.2) is 4.39 Å². The van der Waals surface area contributed by atoms with Gasteiger partial charge in [0.25, 0.3) is 5.91 Å². The van der Waals surface area contributed by atoms with Gasteiger partial charge >= 0.3 is 0 Å². The molecule has 1 amide bonds. The molecule has 0 N–H and O–H groups in total. The van der Waals surface area contributed by atoms with E-state index in [4.69, 9.17) is 9.47 Å². The Hall–Kier alpha value is -2.89. The molecule has 0 radical (unpaired) electrons. The quantitative estimate of drug-likeness (QED) is 0.798. The van der Waals surface area contributed by atoms with E-state index in [1.807, 2.05) is 0 Å². The third kappa shape index (κ3) is 3.69. The summed E-state index contributed by atoms with van der Waals surface area (Å²) in [5.74, 6) is 0.148. The molecule has 0 atom stereocenters.